The molecule has 1 amide bonds. The van der Waals surface area contributed by atoms with E-state index >= 15 is 0 Å². The van der Waals surface area contributed by atoms with E-state index in [1.54, 1.807) is 4.90 Å². The normalized spacial score (nSPS) is 22.2. The summed E-state index contributed by atoms with van der Waals surface area (Å²) in [6, 6.07) is 0. The SMILES string of the molecule is CCC(C)(CN)N1CCOC1=O. The minimum absolute atomic E-state index is 0.229. The summed E-state index contributed by atoms with van der Waals surface area (Å²) in [5.74, 6) is 0. The van der Waals surface area contributed by atoms with Crippen LogP contribution in [0.15, 0.2) is 0 Å². The number of nitrogens with zero attached hydrogens (tertiary/aromatic N) is 1. The van der Waals surface area contributed by atoms with Crippen molar-refractivity contribution in [3.8, 4) is 0 Å². The van der Waals surface area contributed by atoms with Crippen molar-refractivity contribution in [2.75, 3.05) is 19.7 Å². The molecule has 1 aliphatic heterocycles. The molecule has 1 atom stereocenters. The Morgan fingerprint density at radius 3 is 2.75 bits per heavy atom. The molecule has 1 fully saturated rings. The zero-order valence-corrected chi connectivity index (χ0v) is 7.67. The largest absolute Gasteiger partial charge is 0.448 e. The van der Waals surface area contributed by atoms with E-state index in [1.807, 2.05) is 13.8 Å². The van der Waals surface area contributed by atoms with Crippen molar-refractivity contribution in [3.05, 3.63) is 0 Å². The van der Waals surface area contributed by atoms with Crippen LogP contribution in [0.2, 0.25) is 0 Å². The molecule has 4 nitrogen and oxygen atoms in total. The Labute approximate surface area is 72.7 Å². The zero-order chi connectivity index (χ0) is 9.19. The summed E-state index contributed by atoms with van der Waals surface area (Å²) in [7, 11) is 0. The zero-order valence-electron chi connectivity index (χ0n) is 7.67. The van der Waals surface area contributed by atoms with Crippen LogP contribution in [0, 0.1) is 0 Å². The number of hydrogen-bond donors (Lipinski definition) is 1. The lowest BCUT2D eigenvalue weighted by molar-refractivity contribution is 0.119. The highest BCUT2D eigenvalue weighted by atomic mass is 16.6. The predicted octanol–water partition coefficient (Wildman–Crippen LogP) is 0.566. The highest BCUT2D eigenvalue weighted by molar-refractivity contribution is 5.70. The van der Waals surface area contributed by atoms with Crippen molar-refractivity contribution < 1.29 is 9.53 Å². The van der Waals surface area contributed by atoms with Gasteiger partial charge in [-0.25, -0.2) is 4.79 Å². The molecule has 0 spiro atoms. The molecule has 0 saturated carbocycles. The lowest BCUT2D eigenvalue weighted by atomic mass is 9.97. The fourth-order valence-corrected chi connectivity index (χ4v) is 1.33. The molecule has 1 rings (SSSR count). The molecule has 0 aromatic rings. The minimum Gasteiger partial charge on any atom is -0.448 e. The van der Waals surface area contributed by atoms with Crippen molar-refractivity contribution in [2.24, 2.45) is 5.73 Å². The first kappa shape index (κ1) is 9.32. The second kappa shape index (κ2) is 3.31. The summed E-state index contributed by atoms with van der Waals surface area (Å²) in [6.45, 7) is 5.66. The minimum atomic E-state index is -0.232. The van der Waals surface area contributed by atoms with Gasteiger partial charge in [-0.3, -0.25) is 4.90 Å². The van der Waals surface area contributed by atoms with Gasteiger partial charge in [0.2, 0.25) is 0 Å². The van der Waals surface area contributed by atoms with Crippen molar-refractivity contribution >= 4 is 6.09 Å². The van der Waals surface area contributed by atoms with Crippen LogP contribution in [-0.2, 0) is 4.74 Å². The Morgan fingerprint density at radius 1 is 1.75 bits per heavy atom. The van der Waals surface area contributed by atoms with Gasteiger partial charge in [0, 0.05) is 6.54 Å². The second-order valence-electron chi connectivity index (χ2n) is 3.32. The molecule has 0 aromatic carbocycles. The average Bonchev–Trinajstić information content (AvgIpc) is 2.51. The molecular formula is C8H16N2O2. The second-order valence-corrected chi connectivity index (χ2v) is 3.32. The summed E-state index contributed by atoms with van der Waals surface area (Å²) < 4.78 is 4.85. The van der Waals surface area contributed by atoms with Gasteiger partial charge in [-0.1, -0.05) is 6.92 Å². The molecule has 1 saturated heterocycles. The first-order valence-electron chi connectivity index (χ1n) is 4.28. The molecule has 2 N–H and O–H groups in total. The van der Waals surface area contributed by atoms with E-state index in [2.05, 4.69) is 0 Å². The molecule has 1 unspecified atom stereocenters. The van der Waals surface area contributed by atoms with Gasteiger partial charge in [0.1, 0.15) is 6.61 Å². The van der Waals surface area contributed by atoms with Crippen LogP contribution in [-0.4, -0.2) is 36.2 Å². The number of hydrogen-bond acceptors (Lipinski definition) is 3. The highest BCUT2D eigenvalue weighted by Crippen LogP contribution is 2.21. The van der Waals surface area contributed by atoms with E-state index in [9.17, 15) is 4.79 Å². The van der Waals surface area contributed by atoms with Crippen LogP contribution in [0.4, 0.5) is 4.79 Å². The Balaban J connectivity index is 2.71. The van der Waals surface area contributed by atoms with Crippen molar-refractivity contribution in [3.63, 3.8) is 0 Å². The van der Waals surface area contributed by atoms with E-state index in [-0.39, 0.29) is 11.6 Å². The summed E-state index contributed by atoms with van der Waals surface area (Å²) in [5, 5.41) is 0. The molecule has 0 aliphatic carbocycles. The number of amides is 1. The van der Waals surface area contributed by atoms with E-state index in [1.165, 1.54) is 0 Å². The molecule has 1 aliphatic rings. The molecule has 0 bridgehead atoms. The van der Waals surface area contributed by atoms with Crippen LogP contribution in [0.25, 0.3) is 0 Å². The summed E-state index contributed by atoms with van der Waals surface area (Å²) in [4.78, 5) is 12.9. The molecule has 70 valence electrons. The van der Waals surface area contributed by atoms with E-state index in [0.29, 0.717) is 19.7 Å². The quantitative estimate of drug-likeness (QED) is 0.677. The summed E-state index contributed by atoms with van der Waals surface area (Å²) in [5.41, 5.74) is 5.38. The molecule has 12 heavy (non-hydrogen) atoms. The first-order chi connectivity index (χ1) is 5.64. The Morgan fingerprint density at radius 2 is 2.42 bits per heavy atom. The topological polar surface area (TPSA) is 55.6 Å². The third-order valence-electron chi connectivity index (χ3n) is 2.61. The van der Waals surface area contributed by atoms with Gasteiger partial charge in [-0.05, 0) is 13.3 Å². The Kier molecular flexibility index (Phi) is 2.57. The number of cyclic esters (lactones) is 1. The fraction of sp³-hybridized carbons (Fsp3) is 0.875. The molecule has 4 heteroatoms. The third-order valence-corrected chi connectivity index (χ3v) is 2.61. The number of ether oxygens (including phenoxy) is 1. The van der Waals surface area contributed by atoms with E-state index in [4.69, 9.17) is 10.5 Å². The van der Waals surface area contributed by atoms with Gasteiger partial charge >= 0.3 is 6.09 Å². The number of rotatable bonds is 3. The van der Waals surface area contributed by atoms with Crippen LogP contribution >= 0.6 is 0 Å². The molecule has 0 radical (unpaired) electrons. The third kappa shape index (κ3) is 1.39. The van der Waals surface area contributed by atoms with E-state index < -0.39 is 0 Å². The molecule has 1 heterocycles. The van der Waals surface area contributed by atoms with Gasteiger partial charge in [-0.2, -0.15) is 0 Å². The van der Waals surface area contributed by atoms with Crippen LogP contribution in [0.1, 0.15) is 20.3 Å². The Hall–Kier alpha value is -0.770. The van der Waals surface area contributed by atoms with Crippen LogP contribution in [0.3, 0.4) is 0 Å². The number of nitrogens with two attached hydrogens (primary N) is 1. The number of carbonyl (C=O) groups excluding carboxylic acids is 1. The van der Waals surface area contributed by atoms with Crippen molar-refractivity contribution in [2.45, 2.75) is 25.8 Å². The maximum absolute atomic E-state index is 11.2. The van der Waals surface area contributed by atoms with Crippen molar-refractivity contribution in [1.82, 2.24) is 4.90 Å². The van der Waals surface area contributed by atoms with Gasteiger partial charge < -0.3 is 10.5 Å². The monoisotopic (exact) mass is 172 g/mol. The van der Waals surface area contributed by atoms with Crippen LogP contribution in [0.5, 0.6) is 0 Å². The summed E-state index contributed by atoms with van der Waals surface area (Å²) in [6.07, 6.45) is 0.628. The van der Waals surface area contributed by atoms with Gasteiger partial charge in [0.05, 0.1) is 12.1 Å². The first-order valence-corrected chi connectivity index (χ1v) is 4.28. The number of carbonyl (C=O) groups is 1. The highest BCUT2D eigenvalue weighted by Gasteiger charge is 2.36. The van der Waals surface area contributed by atoms with E-state index in [0.717, 1.165) is 6.42 Å². The maximum Gasteiger partial charge on any atom is 0.410 e. The smallest absolute Gasteiger partial charge is 0.410 e. The van der Waals surface area contributed by atoms with Gasteiger partial charge in [0.25, 0.3) is 0 Å². The molecular weight excluding hydrogens is 156 g/mol. The molecule has 0 aromatic heterocycles. The average molecular weight is 172 g/mol. The predicted molar refractivity (Wildman–Crippen MR) is 45.8 cm³/mol. The lowest BCUT2D eigenvalue weighted by Crippen LogP contribution is -2.51. The maximum atomic E-state index is 11.2. The van der Waals surface area contributed by atoms with Gasteiger partial charge in [-0.15, -0.1) is 0 Å². The lowest BCUT2D eigenvalue weighted by Gasteiger charge is -2.34. The van der Waals surface area contributed by atoms with Crippen molar-refractivity contribution in [1.29, 1.82) is 0 Å². The fourth-order valence-electron chi connectivity index (χ4n) is 1.33. The Bertz CT molecular complexity index is 178. The summed E-state index contributed by atoms with van der Waals surface area (Å²) >= 11 is 0. The van der Waals surface area contributed by atoms with Gasteiger partial charge in [0.15, 0.2) is 0 Å². The van der Waals surface area contributed by atoms with Crippen LogP contribution < -0.4 is 5.73 Å². The standard InChI is InChI=1S/C8H16N2O2/c1-3-8(2,6-9)10-4-5-12-7(10)11/h3-6,9H2,1-2H3.